The minimum Gasteiger partial charge on any atom is -0.384 e. The third-order valence-electron chi connectivity index (χ3n) is 4.33. The normalized spacial score (nSPS) is 11.4. The number of H-pyrrole nitrogens is 3. The summed E-state index contributed by atoms with van der Waals surface area (Å²) in [6, 6.07) is 11.3. The fourth-order valence-corrected chi connectivity index (χ4v) is 3.04. The molecule has 0 atom stereocenters. The SMILES string of the molecule is N=C(N)c1ccc2[nH]c(Cc3nc4cc(-c5nnn[nH]5)ccc4[nH]3)nc2c1. The summed E-state index contributed by atoms with van der Waals surface area (Å²) in [5.41, 5.74) is 10.5. The summed E-state index contributed by atoms with van der Waals surface area (Å²) >= 11 is 0. The van der Waals surface area contributed by atoms with Crippen LogP contribution in [0, 0.1) is 5.41 Å². The second-order valence-corrected chi connectivity index (χ2v) is 6.17. The number of fused-ring (bicyclic) bond motifs is 2. The Hall–Kier alpha value is -4.08. The average molecular weight is 358 g/mol. The number of benzene rings is 2. The lowest BCUT2D eigenvalue weighted by molar-refractivity contribution is 0.881. The van der Waals surface area contributed by atoms with Gasteiger partial charge in [0.2, 0.25) is 0 Å². The molecule has 10 heteroatoms. The predicted octanol–water partition coefficient (Wildman–Crippen LogP) is 1.49. The van der Waals surface area contributed by atoms with Gasteiger partial charge in [-0.1, -0.05) is 0 Å². The van der Waals surface area contributed by atoms with E-state index >= 15 is 0 Å². The number of aromatic amines is 3. The lowest BCUT2D eigenvalue weighted by Crippen LogP contribution is -2.10. The Morgan fingerprint density at radius 1 is 0.963 bits per heavy atom. The van der Waals surface area contributed by atoms with Crippen molar-refractivity contribution in [1.82, 2.24) is 40.6 Å². The molecule has 0 aliphatic rings. The van der Waals surface area contributed by atoms with E-state index in [1.54, 1.807) is 12.1 Å². The van der Waals surface area contributed by atoms with Gasteiger partial charge in [-0.2, -0.15) is 0 Å². The van der Waals surface area contributed by atoms with Crippen LogP contribution < -0.4 is 5.73 Å². The Kier molecular flexibility index (Phi) is 3.22. The Morgan fingerprint density at radius 2 is 1.67 bits per heavy atom. The van der Waals surface area contributed by atoms with Gasteiger partial charge < -0.3 is 15.7 Å². The first-order chi connectivity index (χ1) is 13.2. The molecule has 10 nitrogen and oxygen atoms in total. The second-order valence-electron chi connectivity index (χ2n) is 6.17. The third-order valence-corrected chi connectivity index (χ3v) is 4.33. The molecule has 0 aliphatic carbocycles. The van der Waals surface area contributed by atoms with Crippen molar-refractivity contribution in [3.8, 4) is 11.4 Å². The second kappa shape index (κ2) is 5.73. The van der Waals surface area contributed by atoms with Crippen LogP contribution in [0.2, 0.25) is 0 Å². The van der Waals surface area contributed by atoms with E-state index in [1.165, 1.54) is 0 Å². The monoisotopic (exact) mass is 358 g/mol. The zero-order valence-corrected chi connectivity index (χ0v) is 14.0. The molecule has 27 heavy (non-hydrogen) atoms. The first-order valence-corrected chi connectivity index (χ1v) is 8.21. The fraction of sp³-hybridized carbons (Fsp3) is 0.0588. The molecule has 0 amide bonds. The topological polar surface area (TPSA) is 162 Å². The highest BCUT2D eigenvalue weighted by molar-refractivity contribution is 5.97. The van der Waals surface area contributed by atoms with Crippen LogP contribution in [0.4, 0.5) is 0 Å². The minimum atomic E-state index is 0.0245. The van der Waals surface area contributed by atoms with Crippen molar-refractivity contribution in [2.24, 2.45) is 5.73 Å². The maximum absolute atomic E-state index is 7.54. The Balaban J connectivity index is 1.47. The van der Waals surface area contributed by atoms with Crippen molar-refractivity contribution in [2.75, 3.05) is 0 Å². The van der Waals surface area contributed by atoms with E-state index in [2.05, 4.69) is 40.6 Å². The molecule has 2 aromatic carbocycles. The van der Waals surface area contributed by atoms with Gasteiger partial charge in [-0.15, -0.1) is 5.10 Å². The molecule has 0 saturated carbocycles. The highest BCUT2D eigenvalue weighted by atomic mass is 15.5. The number of nitrogens with one attached hydrogen (secondary N) is 4. The highest BCUT2D eigenvalue weighted by Crippen LogP contribution is 2.21. The number of hydrogen-bond donors (Lipinski definition) is 5. The minimum absolute atomic E-state index is 0.0245. The lowest BCUT2D eigenvalue weighted by Gasteiger charge is -1.95. The summed E-state index contributed by atoms with van der Waals surface area (Å²) in [5.74, 6) is 2.20. The van der Waals surface area contributed by atoms with Crippen LogP contribution in [-0.4, -0.2) is 46.4 Å². The average Bonchev–Trinajstić information content (AvgIpc) is 3.39. The molecule has 3 heterocycles. The van der Waals surface area contributed by atoms with E-state index in [0.29, 0.717) is 17.8 Å². The smallest absolute Gasteiger partial charge is 0.179 e. The predicted molar refractivity (Wildman–Crippen MR) is 99.2 cm³/mol. The molecule has 5 rings (SSSR count). The van der Waals surface area contributed by atoms with Gasteiger partial charge in [-0.25, -0.2) is 15.1 Å². The van der Waals surface area contributed by atoms with Crippen LogP contribution in [0.25, 0.3) is 33.5 Å². The maximum Gasteiger partial charge on any atom is 0.179 e. The number of nitrogens with two attached hydrogens (primary N) is 1. The molecule has 0 saturated heterocycles. The van der Waals surface area contributed by atoms with E-state index in [-0.39, 0.29) is 5.84 Å². The lowest BCUT2D eigenvalue weighted by atomic mass is 10.2. The Morgan fingerprint density at radius 3 is 2.33 bits per heavy atom. The van der Waals surface area contributed by atoms with Gasteiger partial charge in [0.05, 0.1) is 28.5 Å². The third kappa shape index (κ3) is 2.68. The standard InChI is InChI=1S/C17H14N10/c18-16(19)8-1-3-10-12(5-8)22-14(20-10)7-15-21-11-4-2-9(6-13(11)23-15)17-24-26-27-25-17/h1-6H,7H2,(H3,18,19)(H,20,22)(H,21,23)(H,24,25,26,27). The van der Waals surface area contributed by atoms with Crippen LogP contribution in [0.15, 0.2) is 36.4 Å². The van der Waals surface area contributed by atoms with Crippen LogP contribution >= 0.6 is 0 Å². The molecule has 132 valence electrons. The molecule has 3 aromatic heterocycles. The van der Waals surface area contributed by atoms with Crippen molar-refractivity contribution in [3.63, 3.8) is 0 Å². The summed E-state index contributed by atoms with van der Waals surface area (Å²) in [6.07, 6.45) is 0.526. The first-order valence-electron chi connectivity index (χ1n) is 8.21. The van der Waals surface area contributed by atoms with Crippen LogP contribution in [0.5, 0.6) is 0 Å². The fourth-order valence-electron chi connectivity index (χ4n) is 3.04. The zero-order valence-electron chi connectivity index (χ0n) is 14.0. The van der Waals surface area contributed by atoms with Gasteiger partial charge in [0.1, 0.15) is 17.5 Å². The quantitative estimate of drug-likeness (QED) is 0.241. The van der Waals surface area contributed by atoms with E-state index < -0.39 is 0 Å². The van der Waals surface area contributed by atoms with E-state index in [1.807, 2.05) is 24.3 Å². The summed E-state index contributed by atoms with van der Waals surface area (Å²) < 4.78 is 0. The largest absolute Gasteiger partial charge is 0.384 e. The number of tetrazole rings is 1. The number of aromatic nitrogens is 8. The maximum atomic E-state index is 7.54. The van der Waals surface area contributed by atoms with Crippen molar-refractivity contribution in [1.29, 1.82) is 5.41 Å². The molecular formula is C17H14N10. The number of imidazole rings is 2. The van der Waals surface area contributed by atoms with Gasteiger partial charge in [-0.3, -0.25) is 5.41 Å². The van der Waals surface area contributed by atoms with Gasteiger partial charge in [-0.05, 0) is 46.8 Å². The summed E-state index contributed by atoms with van der Waals surface area (Å²) in [7, 11) is 0. The summed E-state index contributed by atoms with van der Waals surface area (Å²) in [5, 5.41) is 21.4. The summed E-state index contributed by atoms with van der Waals surface area (Å²) in [6.45, 7) is 0. The molecule has 6 N–H and O–H groups in total. The van der Waals surface area contributed by atoms with E-state index in [4.69, 9.17) is 11.1 Å². The molecule has 0 bridgehead atoms. The van der Waals surface area contributed by atoms with Crippen molar-refractivity contribution < 1.29 is 0 Å². The number of nitrogens with zero attached hydrogens (tertiary/aromatic N) is 5. The molecule has 5 aromatic rings. The molecule has 0 unspecified atom stereocenters. The molecule has 0 spiro atoms. The zero-order chi connectivity index (χ0) is 18.4. The molecule has 0 fully saturated rings. The van der Waals surface area contributed by atoms with Gasteiger partial charge in [0.15, 0.2) is 5.82 Å². The molecule has 0 aliphatic heterocycles. The van der Waals surface area contributed by atoms with Gasteiger partial charge in [0, 0.05) is 11.1 Å². The van der Waals surface area contributed by atoms with Crippen LogP contribution in [-0.2, 0) is 6.42 Å². The van der Waals surface area contributed by atoms with Crippen molar-refractivity contribution in [3.05, 3.63) is 53.6 Å². The van der Waals surface area contributed by atoms with Crippen LogP contribution in [0.1, 0.15) is 17.2 Å². The van der Waals surface area contributed by atoms with Gasteiger partial charge >= 0.3 is 0 Å². The number of rotatable bonds is 4. The van der Waals surface area contributed by atoms with Crippen molar-refractivity contribution in [2.45, 2.75) is 6.42 Å². The molecule has 0 radical (unpaired) electrons. The van der Waals surface area contributed by atoms with E-state index in [0.717, 1.165) is 39.3 Å². The van der Waals surface area contributed by atoms with Crippen molar-refractivity contribution >= 4 is 27.9 Å². The van der Waals surface area contributed by atoms with Crippen LogP contribution in [0.3, 0.4) is 0 Å². The number of hydrogen-bond acceptors (Lipinski definition) is 6. The Labute approximate surface area is 151 Å². The molecular weight excluding hydrogens is 344 g/mol. The number of nitrogen functional groups attached to an aromatic ring is 1. The van der Waals surface area contributed by atoms with E-state index in [9.17, 15) is 0 Å². The Bertz CT molecular complexity index is 1280. The van der Waals surface area contributed by atoms with Gasteiger partial charge in [0.25, 0.3) is 0 Å². The first kappa shape index (κ1) is 15.2. The number of amidine groups is 1. The highest BCUT2D eigenvalue weighted by Gasteiger charge is 2.10. The summed E-state index contributed by atoms with van der Waals surface area (Å²) in [4.78, 5) is 15.8.